The quantitative estimate of drug-likeness (QED) is 0.0903. The Kier molecular flexibility index (Phi) is 29.3. The summed E-state index contributed by atoms with van der Waals surface area (Å²) < 4.78 is 26.1. The zero-order chi connectivity index (χ0) is 48.7. The minimum Gasteiger partial charge on any atom is -0.412 e. The third-order valence-corrected chi connectivity index (χ3v) is 11.6. The molecule has 10 heterocycles. The maximum Gasteiger partial charge on any atom is 0.181 e. The number of hydrogen-bond acceptors (Lipinski definition) is 16. The Morgan fingerprint density at radius 3 is 1.27 bits per heavy atom. The fraction of sp³-hybridized carbons (Fsp3) is 0.234. The van der Waals surface area contributed by atoms with Crippen LogP contribution in [0.5, 0.6) is 0 Å². The molecule has 0 aliphatic heterocycles. The van der Waals surface area contributed by atoms with Crippen molar-refractivity contribution in [3.63, 3.8) is 0 Å². The van der Waals surface area contributed by atoms with Gasteiger partial charge in [-0.2, -0.15) is 0 Å². The molecule has 0 unspecified atom stereocenters. The van der Waals surface area contributed by atoms with E-state index in [9.17, 15) is 4.39 Å². The van der Waals surface area contributed by atoms with Gasteiger partial charge in [-0.05, 0) is 88.0 Å². The number of nitrogens with one attached hydrogen (secondary N) is 5. The monoisotopic (exact) mass is 1280 g/mol. The number of anilines is 5. The van der Waals surface area contributed by atoms with Crippen LogP contribution in [0.25, 0.3) is 39.5 Å². The minimum absolute atomic E-state index is 0. The first kappa shape index (κ1) is 67.1. The van der Waals surface area contributed by atoms with E-state index in [2.05, 4.69) is 140 Å². The summed E-state index contributed by atoms with van der Waals surface area (Å²) in [4.78, 5) is 41.8. The van der Waals surface area contributed by atoms with Crippen LogP contribution in [0, 0.1) is 5.82 Å². The van der Waals surface area contributed by atoms with E-state index in [1.54, 1.807) is 81.1 Å². The Morgan fingerprint density at radius 1 is 0.405 bits per heavy atom. The standard InChI is InChI=1S/C13H11FN4.C7H6Br2N4.2C7H7BrN4.C7H8N4.C2H6.4CH4.H3N.H2O/c1-15-12-13-16-6-7-18(13)11(8-17-12)9-2-4-10(14)5-3-9;1-10-6-7-12-3-5(9)13(7)4(8)2-11-6;1-9-6-7-10-2-3-12(7)5(8)4-11-6;1-9-6-7-11-4-5(8)12(7)3-2-10-6;1-8-6-7-10-3-5-11(7)4-2-9-6;1-2;;;;;;/h2-8H,1H3,(H,15,17);2-3H,1H3,(H,10,11);2-4H,1H3,(H,9,11);2-4H,1H3,(H,9,10);2-5H,1H3,(H,8,9);1-2H3;4*1H4;1H3;1H2. The van der Waals surface area contributed by atoms with Gasteiger partial charge < -0.3 is 42.6 Å². The van der Waals surface area contributed by atoms with Crippen LogP contribution in [0.1, 0.15) is 43.6 Å². The molecule has 0 atom stereocenters. The lowest BCUT2D eigenvalue weighted by Gasteiger charge is -2.08. The number of fused-ring (bicyclic) bond motifs is 5. The van der Waals surface area contributed by atoms with E-state index >= 15 is 0 Å². The lowest BCUT2D eigenvalue weighted by Crippen LogP contribution is -2.00. The Balaban J connectivity index is 0.000000884. The van der Waals surface area contributed by atoms with E-state index in [0.717, 1.165) is 81.2 Å². The van der Waals surface area contributed by atoms with Crippen LogP contribution >= 0.6 is 63.7 Å². The SMILES string of the molecule is C.C.C.C.CC.CNc1ncc(-c2ccc(F)cc2)n2ccnc12.CNc1ncc(Br)n2c(Br)cnc12.CNc1ncc(Br)n2ccnc12.CNc1nccn2c(Br)cnc12.CNc1nccn2ccnc12.N.O. The third kappa shape index (κ3) is 15.3. The lowest BCUT2D eigenvalue weighted by atomic mass is 10.1. The first-order valence-electron chi connectivity index (χ1n) is 20.5. The average molecular weight is 1280 g/mol. The van der Waals surface area contributed by atoms with Gasteiger partial charge in [0.15, 0.2) is 57.3 Å². The number of aromatic nitrogens is 15. The fourth-order valence-electron chi connectivity index (χ4n) is 6.20. The second kappa shape index (κ2) is 32.3. The van der Waals surface area contributed by atoms with Gasteiger partial charge in [0, 0.05) is 103 Å². The van der Waals surface area contributed by atoms with Gasteiger partial charge in [-0.15, -0.1) is 0 Å². The first-order valence-corrected chi connectivity index (χ1v) is 23.6. The molecule has 1 aromatic carbocycles. The molecule has 0 bridgehead atoms. The maximum atomic E-state index is 12.9. The van der Waals surface area contributed by atoms with Crippen LogP contribution in [-0.4, -0.2) is 113 Å². The van der Waals surface area contributed by atoms with Crippen molar-refractivity contribution in [1.29, 1.82) is 0 Å². The molecule has 11 aromatic rings. The van der Waals surface area contributed by atoms with Crippen molar-refractivity contribution in [2.24, 2.45) is 0 Å². The predicted octanol–water partition coefficient (Wildman–Crippen LogP) is 11.6. The molecule has 0 fully saturated rings. The zero-order valence-corrected chi connectivity index (χ0v) is 45.1. The Morgan fingerprint density at radius 2 is 0.743 bits per heavy atom. The summed E-state index contributed by atoms with van der Waals surface area (Å²) in [5.74, 6) is 3.59. The number of benzene rings is 1. The molecule has 74 heavy (non-hydrogen) atoms. The second-order valence-corrected chi connectivity index (χ2v) is 16.3. The number of nitrogens with zero attached hydrogens (tertiary/aromatic N) is 15. The summed E-state index contributed by atoms with van der Waals surface area (Å²) >= 11 is 13.5. The first-order chi connectivity index (χ1) is 33.1. The molecule has 0 spiro atoms. The van der Waals surface area contributed by atoms with Gasteiger partial charge in [0.05, 0.1) is 36.7 Å². The predicted molar refractivity (Wildman–Crippen MR) is 316 cm³/mol. The lowest BCUT2D eigenvalue weighted by molar-refractivity contribution is 0.628. The van der Waals surface area contributed by atoms with E-state index in [4.69, 9.17) is 0 Å². The van der Waals surface area contributed by atoms with Crippen molar-refractivity contribution >= 4 is 121 Å². The highest BCUT2D eigenvalue weighted by atomic mass is 79.9. The summed E-state index contributed by atoms with van der Waals surface area (Å²) in [6.07, 6.45) is 26.7. The van der Waals surface area contributed by atoms with Crippen LogP contribution < -0.4 is 32.7 Å². The van der Waals surface area contributed by atoms with Crippen molar-refractivity contribution < 1.29 is 9.87 Å². The third-order valence-electron chi connectivity index (χ3n) is 9.27. The van der Waals surface area contributed by atoms with Crippen LogP contribution in [0.3, 0.4) is 0 Å². The summed E-state index contributed by atoms with van der Waals surface area (Å²) in [7, 11) is 9.10. The van der Waals surface area contributed by atoms with Gasteiger partial charge in [-0.25, -0.2) is 54.2 Å². The van der Waals surface area contributed by atoms with Crippen molar-refractivity contribution in [1.82, 2.24) is 78.0 Å². The molecular weight excluding hydrogens is 1210 g/mol. The van der Waals surface area contributed by atoms with Gasteiger partial charge in [0.1, 0.15) is 24.2 Å². The van der Waals surface area contributed by atoms with E-state index in [1.165, 1.54) is 12.1 Å². The molecule has 22 nitrogen and oxygen atoms in total. The van der Waals surface area contributed by atoms with E-state index < -0.39 is 0 Å². The van der Waals surface area contributed by atoms with Crippen molar-refractivity contribution in [2.75, 3.05) is 61.8 Å². The maximum absolute atomic E-state index is 12.9. The molecule has 400 valence electrons. The molecule has 0 saturated heterocycles. The molecule has 11 rings (SSSR count). The van der Waals surface area contributed by atoms with Gasteiger partial charge in [-0.1, -0.05) is 43.6 Å². The Labute approximate surface area is 464 Å². The van der Waals surface area contributed by atoms with E-state index in [1.807, 2.05) is 95.0 Å². The van der Waals surface area contributed by atoms with Crippen molar-refractivity contribution in [3.05, 3.63) is 141 Å². The van der Waals surface area contributed by atoms with Gasteiger partial charge in [-0.3, -0.25) is 17.6 Å². The van der Waals surface area contributed by atoms with Crippen molar-refractivity contribution in [3.8, 4) is 11.3 Å². The topological polar surface area (TPSA) is 278 Å². The number of hydrogen-bond donors (Lipinski definition) is 6. The smallest absolute Gasteiger partial charge is 0.181 e. The van der Waals surface area contributed by atoms with Crippen LogP contribution in [0.2, 0.25) is 0 Å². The molecule has 0 amide bonds. The highest BCUT2D eigenvalue weighted by molar-refractivity contribution is 9.11. The molecule has 10 aromatic heterocycles. The van der Waals surface area contributed by atoms with Crippen molar-refractivity contribution in [2.45, 2.75) is 43.6 Å². The highest BCUT2D eigenvalue weighted by Gasteiger charge is 2.11. The van der Waals surface area contributed by atoms with E-state index in [0.29, 0.717) is 5.82 Å². The van der Waals surface area contributed by atoms with Crippen LogP contribution in [0.15, 0.2) is 136 Å². The van der Waals surface area contributed by atoms with Gasteiger partial charge >= 0.3 is 0 Å². The molecule has 10 N–H and O–H groups in total. The summed E-state index contributed by atoms with van der Waals surface area (Å²) in [6.45, 7) is 4.00. The van der Waals surface area contributed by atoms with E-state index in [-0.39, 0.29) is 47.2 Å². The second-order valence-electron chi connectivity index (χ2n) is 13.1. The summed E-state index contributed by atoms with van der Waals surface area (Å²) in [5, 5.41) is 14.9. The molecule has 0 radical (unpaired) electrons. The largest absolute Gasteiger partial charge is 0.412 e. The molecule has 0 aliphatic carbocycles. The van der Waals surface area contributed by atoms with Gasteiger partial charge in [0.2, 0.25) is 0 Å². The summed E-state index contributed by atoms with van der Waals surface area (Å²) in [6, 6.07) is 6.32. The molecule has 0 saturated carbocycles. The molecule has 0 aliphatic rings. The van der Waals surface area contributed by atoms with Gasteiger partial charge in [0.25, 0.3) is 0 Å². The minimum atomic E-state index is -0.250. The fourth-order valence-corrected chi connectivity index (χ4v) is 8.14. The Bertz CT molecular complexity index is 3350. The highest BCUT2D eigenvalue weighted by Crippen LogP contribution is 2.25. The summed E-state index contributed by atoms with van der Waals surface area (Å²) in [5.41, 5.74) is 5.83. The van der Waals surface area contributed by atoms with Crippen LogP contribution in [0.4, 0.5) is 33.5 Å². The molecular formula is C47H66Br4FN21O. The zero-order valence-electron chi connectivity index (χ0n) is 38.8. The average Bonchev–Trinajstić information content (AvgIpc) is 4.25. The normalized spacial score (nSPS) is 9.51. The Hall–Kier alpha value is -6.91. The number of rotatable bonds is 6. The molecule has 27 heteroatoms. The number of imidazole rings is 5. The van der Waals surface area contributed by atoms with Crippen LogP contribution in [-0.2, 0) is 0 Å². The number of halogens is 5.